The molecule has 2 heterocycles. The first-order valence-corrected chi connectivity index (χ1v) is 7.80. The van der Waals surface area contributed by atoms with Gasteiger partial charge in [-0.05, 0) is 11.4 Å². The molecule has 1 aliphatic rings. The van der Waals surface area contributed by atoms with Crippen molar-refractivity contribution in [2.75, 3.05) is 11.5 Å². The van der Waals surface area contributed by atoms with Crippen molar-refractivity contribution < 1.29 is 13.2 Å². The number of hydrogen-bond acceptors (Lipinski definition) is 4. The van der Waals surface area contributed by atoms with Crippen LogP contribution in [0.25, 0.3) is 0 Å². The second-order valence-electron chi connectivity index (χ2n) is 3.65. The first-order chi connectivity index (χ1) is 7.48. The lowest BCUT2D eigenvalue weighted by atomic mass is 10.2. The highest BCUT2D eigenvalue weighted by molar-refractivity contribution is 7.91. The first-order valence-electron chi connectivity index (χ1n) is 4.67. The molecule has 0 saturated carbocycles. The predicted molar refractivity (Wildman–Crippen MR) is 63.9 cm³/mol. The van der Waals surface area contributed by atoms with Gasteiger partial charge in [0, 0.05) is 0 Å². The molecule has 1 amide bonds. The zero-order valence-corrected chi connectivity index (χ0v) is 10.6. The largest absolute Gasteiger partial charge is 0.346 e. The lowest BCUT2D eigenvalue weighted by Gasteiger charge is -2.13. The molecule has 2 atom stereocenters. The molecule has 0 bridgehead atoms. The molecular weight excluding hydrogens is 270 g/mol. The van der Waals surface area contributed by atoms with E-state index in [4.69, 9.17) is 11.6 Å². The van der Waals surface area contributed by atoms with E-state index in [0.29, 0.717) is 4.88 Å². The topological polar surface area (TPSA) is 63.2 Å². The number of amides is 1. The van der Waals surface area contributed by atoms with Gasteiger partial charge in [0.2, 0.25) is 0 Å². The van der Waals surface area contributed by atoms with Crippen LogP contribution in [0.15, 0.2) is 17.5 Å². The smallest absolute Gasteiger partial charge is 0.261 e. The van der Waals surface area contributed by atoms with Crippen LogP contribution in [0, 0.1) is 0 Å². The summed E-state index contributed by atoms with van der Waals surface area (Å²) in [6, 6.07) is 2.97. The molecule has 0 spiro atoms. The summed E-state index contributed by atoms with van der Waals surface area (Å²) in [5.74, 6) is -0.398. The third kappa shape index (κ3) is 2.56. The molecule has 1 N–H and O–H groups in total. The van der Waals surface area contributed by atoms with Crippen LogP contribution in [0.5, 0.6) is 0 Å². The molecule has 0 aliphatic carbocycles. The van der Waals surface area contributed by atoms with Crippen molar-refractivity contribution in [1.82, 2.24) is 5.32 Å². The standard InChI is InChI=1S/C9H10ClNO3S2/c10-6-4-16(13,14)5-7(6)11-9(12)8-2-1-3-15-8/h1-3,6-7H,4-5H2,(H,11,12)/t6-,7+/m1/s1. The summed E-state index contributed by atoms with van der Waals surface area (Å²) in [6.45, 7) is 0. The van der Waals surface area contributed by atoms with Crippen molar-refractivity contribution in [2.45, 2.75) is 11.4 Å². The molecule has 0 radical (unpaired) electrons. The van der Waals surface area contributed by atoms with Crippen LogP contribution in [0.2, 0.25) is 0 Å². The number of nitrogens with one attached hydrogen (secondary N) is 1. The Balaban J connectivity index is 2.04. The molecule has 1 saturated heterocycles. The molecule has 7 heteroatoms. The van der Waals surface area contributed by atoms with E-state index < -0.39 is 21.3 Å². The van der Waals surface area contributed by atoms with E-state index in [1.54, 1.807) is 17.5 Å². The Bertz CT molecular complexity index is 483. The Kier molecular flexibility index (Phi) is 3.23. The third-order valence-corrected chi connectivity index (χ3v) is 5.59. The maximum atomic E-state index is 11.7. The van der Waals surface area contributed by atoms with E-state index in [9.17, 15) is 13.2 Å². The third-order valence-electron chi connectivity index (χ3n) is 2.34. The highest BCUT2D eigenvalue weighted by Crippen LogP contribution is 2.19. The van der Waals surface area contributed by atoms with Crippen molar-refractivity contribution in [2.24, 2.45) is 0 Å². The lowest BCUT2D eigenvalue weighted by molar-refractivity contribution is 0.0945. The van der Waals surface area contributed by atoms with Crippen LogP contribution in [0.3, 0.4) is 0 Å². The molecule has 16 heavy (non-hydrogen) atoms. The molecule has 1 aliphatic heterocycles. The Hall–Kier alpha value is -0.590. The van der Waals surface area contributed by atoms with E-state index in [-0.39, 0.29) is 17.4 Å². The fourth-order valence-electron chi connectivity index (χ4n) is 1.58. The van der Waals surface area contributed by atoms with Crippen LogP contribution in [-0.2, 0) is 9.84 Å². The molecule has 0 aromatic carbocycles. The van der Waals surface area contributed by atoms with Gasteiger partial charge >= 0.3 is 0 Å². The summed E-state index contributed by atoms with van der Waals surface area (Å²) in [5.41, 5.74) is 0. The van der Waals surface area contributed by atoms with E-state index in [1.165, 1.54) is 11.3 Å². The summed E-state index contributed by atoms with van der Waals surface area (Å²) >= 11 is 7.19. The molecule has 1 aromatic heterocycles. The van der Waals surface area contributed by atoms with Gasteiger partial charge in [0.25, 0.3) is 5.91 Å². The average Bonchev–Trinajstić information content (AvgIpc) is 2.74. The number of thiophene rings is 1. The Morgan fingerprint density at radius 1 is 1.50 bits per heavy atom. The molecule has 2 rings (SSSR count). The SMILES string of the molecule is O=C(N[C@H]1CS(=O)(=O)C[C@H]1Cl)c1cccs1. The van der Waals surface area contributed by atoms with Gasteiger partial charge in [0.05, 0.1) is 27.8 Å². The van der Waals surface area contributed by atoms with Gasteiger partial charge in [-0.2, -0.15) is 0 Å². The van der Waals surface area contributed by atoms with Gasteiger partial charge < -0.3 is 5.32 Å². The van der Waals surface area contributed by atoms with Gasteiger partial charge in [-0.15, -0.1) is 22.9 Å². The molecule has 1 fully saturated rings. The van der Waals surface area contributed by atoms with E-state index in [1.807, 2.05) is 0 Å². The van der Waals surface area contributed by atoms with Crippen LogP contribution < -0.4 is 5.32 Å². The van der Waals surface area contributed by atoms with Crippen molar-refractivity contribution in [3.05, 3.63) is 22.4 Å². The molecule has 88 valence electrons. The van der Waals surface area contributed by atoms with Gasteiger partial charge in [0.15, 0.2) is 9.84 Å². The number of carbonyl (C=O) groups excluding carboxylic acids is 1. The van der Waals surface area contributed by atoms with Crippen molar-refractivity contribution >= 4 is 38.7 Å². The number of alkyl halides is 1. The van der Waals surface area contributed by atoms with Gasteiger partial charge in [-0.1, -0.05) is 6.07 Å². The summed E-state index contributed by atoms with van der Waals surface area (Å²) in [4.78, 5) is 12.2. The summed E-state index contributed by atoms with van der Waals surface area (Å²) in [7, 11) is -3.10. The summed E-state index contributed by atoms with van der Waals surface area (Å²) in [6.07, 6.45) is 0. The van der Waals surface area contributed by atoms with E-state index in [2.05, 4.69) is 5.32 Å². The zero-order valence-electron chi connectivity index (χ0n) is 8.22. The van der Waals surface area contributed by atoms with E-state index >= 15 is 0 Å². The number of rotatable bonds is 2. The quantitative estimate of drug-likeness (QED) is 0.818. The van der Waals surface area contributed by atoms with Crippen LogP contribution in [0.1, 0.15) is 9.67 Å². The van der Waals surface area contributed by atoms with Crippen LogP contribution >= 0.6 is 22.9 Å². The minimum absolute atomic E-state index is 0.0655. The summed E-state index contributed by atoms with van der Waals surface area (Å²) in [5, 5.41) is 3.90. The van der Waals surface area contributed by atoms with Crippen LogP contribution in [-0.4, -0.2) is 37.2 Å². The minimum Gasteiger partial charge on any atom is -0.346 e. The molecule has 4 nitrogen and oxygen atoms in total. The highest BCUT2D eigenvalue weighted by atomic mass is 35.5. The second-order valence-corrected chi connectivity index (χ2v) is 7.31. The highest BCUT2D eigenvalue weighted by Gasteiger charge is 2.37. The fraction of sp³-hybridized carbons (Fsp3) is 0.444. The van der Waals surface area contributed by atoms with Gasteiger partial charge in [0.1, 0.15) is 0 Å². The minimum atomic E-state index is -3.10. The zero-order chi connectivity index (χ0) is 11.8. The summed E-state index contributed by atoms with van der Waals surface area (Å²) < 4.78 is 22.6. The normalized spacial score (nSPS) is 27.8. The van der Waals surface area contributed by atoms with Crippen molar-refractivity contribution in [3.8, 4) is 0 Å². The Morgan fingerprint density at radius 3 is 2.75 bits per heavy atom. The van der Waals surface area contributed by atoms with Crippen molar-refractivity contribution in [1.29, 1.82) is 0 Å². The number of carbonyl (C=O) groups is 1. The monoisotopic (exact) mass is 279 g/mol. The lowest BCUT2D eigenvalue weighted by Crippen LogP contribution is -2.40. The maximum absolute atomic E-state index is 11.7. The van der Waals surface area contributed by atoms with Crippen molar-refractivity contribution in [3.63, 3.8) is 0 Å². The molecule has 0 unspecified atom stereocenters. The van der Waals surface area contributed by atoms with Crippen LogP contribution in [0.4, 0.5) is 0 Å². The predicted octanol–water partition coefficient (Wildman–Crippen LogP) is 0.882. The maximum Gasteiger partial charge on any atom is 0.261 e. The Labute approximate surface area is 103 Å². The number of sulfone groups is 1. The first kappa shape index (κ1) is 11.9. The Morgan fingerprint density at radius 2 is 2.25 bits per heavy atom. The second kappa shape index (κ2) is 4.35. The fourth-order valence-corrected chi connectivity index (χ4v) is 4.76. The average molecular weight is 280 g/mol. The van der Waals surface area contributed by atoms with Gasteiger partial charge in [-0.3, -0.25) is 4.79 Å². The van der Waals surface area contributed by atoms with E-state index in [0.717, 1.165) is 0 Å². The molecule has 1 aromatic rings. The number of halogens is 1. The van der Waals surface area contributed by atoms with Gasteiger partial charge in [-0.25, -0.2) is 8.42 Å². The molecular formula is C9H10ClNO3S2. The number of hydrogen-bond donors (Lipinski definition) is 1.